The highest BCUT2D eigenvalue weighted by Gasteiger charge is 2.27. The molecule has 1 unspecified atom stereocenters. The fourth-order valence-electron chi connectivity index (χ4n) is 2.91. The van der Waals surface area contributed by atoms with Gasteiger partial charge in [-0.3, -0.25) is 4.79 Å². The summed E-state index contributed by atoms with van der Waals surface area (Å²) in [6, 6.07) is 16.6. The highest BCUT2D eigenvalue weighted by molar-refractivity contribution is 6.00. The van der Waals surface area contributed by atoms with E-state index in [9.17, 15) is 4.79 Å². The minimum absolute atomic E-state index is 0.150. The Kier molecular flexibility index (Phi) is 3.20. The van der Waals surface area contributed by atoms with Crippen molar-refractivity contribution in [2.24, 2.45) is 5.92 Å². The normalized spacial score (nSPS) is 18.2. The van der Waals surface area contributed by atoms with Crippen molar-refractivity contribution in [3.05, 3.63) is 70.8 Å². The molecule has 96 valence electrons. The smallest absolute Gasteiger partial charge is 0.166 e. The van der Waals surface area contributed by atoms with E-state index in [1.54, 1.807) is 0 Å². The fourth-order valence-corrected chi connectivity index (χ4v) is 2.91. The maximum absolute atomic E-state index is 12.6. The number of hydrogen-bond acceptors (Lipinski definition) is 1. The molecule has 3 rings (SSSR count). The summed E-state index contributed by atoms with van der Waals surface area (Å²) in [6.45, 7) is 2.05. The molecule has 0 radical (unpaired) electrons. The molecule has 0 N–H and O–H groups in total. The summed E-state index contributed by atoms with van der Waals surface area (Å²) >= 11 is 0. The molecule has 0 saturated carbocycles. The highest BCUT2D eigenvalue weighted by atomic mass is 16.1. The van der Waals surface area contributed by atoms with Crippen LogP contribution in [0.4, 0.5) is 0 Å². The van der Waals surface area contributed by atoms with Crippen LogP contribution < -0.4 is 0 Å². The van der Waals surface area contributed by atoms with Crippen molar-refractivity contribution >= 4 is 5.78 Å². The number of hydrogen-bond donors (Lipinski definition) is 0. The molecule has 0 fully saturated rings. The van der Waals surface area contributed by atoms with Gasteiger partial charge in [0.15, 0.2) is 5.78 Å². The number of rotatable bonds is 2. The van der Waals surface area contributed by atoms with Gasteiger partial charge in [-0.1, -0.05) is 48.0 Å². The van der Waals surface area contributed by atoms with Gasteiger partial charge in [0.1, 0.15) is 0 Å². The molecule has 0 spiro atoms. The largest absolute Gasteiger partial charge is 0.294 e. The van der Waals surface area contributed by atoms with Gasteiger partial charge in [-0.2, -0.15) is 0 Å². The molecule has 1 aliphatic carbocycles. The molecule has 0 aromatic heterocycles. The number of carbonyl (C=O) groups is 1. The van der Waals surface area contributed by atoms with Crippen LogP contribution in [0.2, 0.25) is 0 Å². The van der Waals surface area contributed by atoms with Gasteiger partial charge in [-0.05, 0) is 43.4 Å². The van der Waals surface area contributed by atoms with E-state index in [2.05, 4.69) is 30.3 Å². The zero-order valence-electron chi connectivity index (χ0n) is 11.2. The molecule has 19 heavy (non-hydrogen) atoms. The number of Topliss-reactive ketones (excluding diaryl/α,β-unsaturated/α-hetero) is 1. The second kappa shape index (κ2) is 5.00. The van der Waals surface area contributed by atoms with Gasteiger partial charge in [0, 0.05) is 11.5 Å². The average molecular weight is 250 g/mol. The summed E-state index contributed by atoms with van der Waals surface area (Å²) in [5.41, 5.74) is 4.61. The predicted molar refractivity (Wildman–Crippen MR) is 77.5 cm³/mol. The lowest BCUT2D eigenvalue weighted by atomic mass is 9.79. The first-order valence-electron chi connectivity index (χ1n) is 6.92. The Balaban J connectivity index is 1.85. The maximum Gasteiger partial charge on any atom is 0.166 e. The van der Waals surface area contributed by atoms with Gasteiger partial charge in [0.05, 0.1) is 0 Å². The van der Waals surface area contributed by atoms with Crippen LogP contribution in [-0.4, -0.2) is 5.78 Å². The summed E-state index contributed by atoms with van der Waals surface area (Å²) in [5.74, 6) is 0.477. The van der Waals surface area contributed by atoms with E-state index in [4.69, 9.17) is 0 Å². The second-order valence-electron chi connectivity index (χ2n) is 5.45. The number of benzene rings is 2. The van der Waals surface area contributed by atoms with Crippen LogP contribution >= 0.6 is 0 Å². The van der Waals surface area contributed by atoms with Gasteiger partial charge < -0.3 is 0 Å². The summed E-state index contributed by atoms with van der Waals surface area (Å²) in [6.07, 6.45) is 2.87. The summed E-state index contributed by atoms with van der Waals surface area (Å²) in [4.78, 5) is 12.6. The van der Waals surface area contributed by atoms with Crippen molar-refractivity contribution in [2.75, 3.05) is 0 Å². The Hall–Kier alpha value is -1.89. The average Bonchev–Trinajstić information content (AvgIpc) is 2.44. The van der Waals surface area contributed by atoms with E-state index in [0.29, 0.717) is 5.78 Å². The van der Waals surface area contributed by atoms with Gasteiger partial charge >= 0.3 is 0 Å². The van der Waals surface area contributed by atoms with Crippen molar-refractivity contribution in [1.82, 2.24) is 0 Å². The van der Waals surface area contributed by atoms with Crippen LogP contribution in [0.5, 0.6) is 0 Å². The lowest BCUT2D eigenvalue weighted by Crippen LogP contribution is -2.24. The van der Waals surface area contributed by atoms with Crippen molar-refractivity contribution in [3.63, 3.8) is 0 Å². The standard InChI is InChI=1S/C18H18O/c1-13-7-8-15-9-10-16(18(19)17(15)11-13)12-14-5-3-2-4-6-14/h2-8,11,16H,9-10,12H2,1H3. The third-order valence-corrected chi connectivity index (χ3v) is 3.99. The molecule has 1 aliphatic rings. The first-order chi connectivity index (χ1) is 9.24. The third kappa shape index (κ3) is 2.46. The van der Waals surface area contributed by atoms with Crippen LogP contribution in [0, 0.1) is 12.8 Å². The number of fused-ring (bicyclic) bond motifs is 1. The minimum Gasteiger partial charge on any atom is -0.294 e. The molecule has 0 bridgehead atoms. The molecule has 1 atom stereocenters. The summed E-state index contributed by atoms with van der Waals surface area (Å²) in [7, 11) is 0. The second-order valence-corrected chi connectivity index (χ2v) is 5.45. The predicted octanol–water partition coefficient (Wildman–Crippen LogP) is 3.98. The number of ketones is 1. The molecule has 1 nitrogen and oxygen atoms in total. The first-order valence-corrected chi connectivity index (χ1v) is 6.92. The molecular formula is C18H18O. The molecule has 0 heterocycles. The maximum atomic E-state index is 12.6. The van der Waals surface area contributed by atoms with Gasteiger partial charge in [0.2, 0.25) is 0 Å². The van der Waals surface area contributed by atoms with Crippen LogP contribution in [0.15, 0.2) is 48.5 Å². The van der Waals surface area contributed by atoms with Crippen LogP contribution in [0.25, 0.3) is 0 Å². The van der Waals surface area contributed by atoms with E-state index < -0.39 is 0 Å². The minimum atomic E-state index is 0.150. The zero-order valence-corrected chi connectivity index (χ0v) is 11.2. The topological polar surface area (TPSA) is 17.1 Å². The van der Waals surface area contributed by atoms with E-state index in [0.717, 1.165) is 24.8 Å². The number of aryl methyl sites for hydroxylation is 2. The SMILES string of the molecule is Cc1ccc2c(c1)C(=O)C(Cc1ccccc1)CC2. The van der Waals surface area contributed by atoms with Gasteiger partial charge in [0.25, 0.3) is 0 Å². The molecule has 1 heteroatoms. The Morgan fingerprint density at radius 2 is 1.89 bits per heavy atom. The van der Waals surface area contributed by atoms with Crippen LogP contribution in [-0.2, 0) is 12.8 Å². The zero-order chi connectivity index (χ0) is 13.2. The van der Waals surface area contributed by atoms with Crippen molar-refractivity contribution in [3.8, 4) is 0 Å². The summed E-state index contributed by atoms with van der Waals surface area (Å²) in [5, 5.41) is 0. The first kappa shape index (κ1) is 12.2. The van der Waals surface area contributed by atoms with Gasteiger partial charge in [-0.25, -0.2) is 0 Å². The van der Waals surface area contributed by atoms with Crippen LogP contribution in [0.3, 0.4) is 0 Å². The van der Waals surface area contributed by atoms with Crippen LogP contribution in [0.1, 0.15) is 33.5 Å². The van der Waals surface area contributed by atoms with E-state index in [-0.39, 0.29) is 5.92 Å². The molecular weight excluding hydrogens is 232 g/mol. The fraction of sp³-hybridized carbons (Fsp3) is 0.278. The molecule has 0 saturated heterocycles. The Morgan fingerprint density at radius 1 is 1.11 bits per heavy atom. The summed E-state index contributed by atoms with van der Waals surface area (Å²) < 4.78 is 0. The Morgan fingerprint density at radius 3 is 2.68 bits per heavy atom. The molecule has 2 aromatic carbocycles. The Bertz CT molecular complexity index is 598. The molecule has 0 amide bonds. The lowest BCUT2D eigenvalue weighted by molar-refractivity contribution is 0.0901. The monoisotopic (exact) mass is 250 g/mol. The lowest BCUT2D eigenvalue weighted by Gasteiger charge is -2.23. The third-order valence-electron chi connectivity index (χ3n) is 3.99. The van der Waals surface area contributed by atoms with Crippen molar-refractivity contribution in [1.29, 1.82) is 0 Å². The van der Waals surface area contributed by atoms with E-state index in [1.165, 1.54) is 16.7 Å². The Labute approximate surface area is 114 Å². The number of carbonyl (C=O) groups excluding carboxylic acids is 1. The van der Waals surface area contributed by atoms with E-state index in [1.807, 2.05) is 25.1 Å². The van der Waals surface area contributed by atoms with Crippen molar-refractivity contribution in [2.45, 2.75) is 26.2 Å². The quantitative estimate of drug-likeness (QED) is 0.787. The molecule has 2 aromatic rings. The van der Waals surface area contributed by atoms with Gasteiger partial charge in [-0.15, -0.1) is 0 Å². The highest BCUT2D eigenvalue weighted by Crippen LogP contribution is 2.28. The van der Waals surface area contributed by atoms with E-state index >= 15 is 0 Å². The molecule has 0 aliphatic heterocycles. The van der Waals surface area contributed by atoms with Crippen molar-refractivity contribution < 1.29 is 4.79 Å².